The number of aromatic nitrogens is 1. The zero-order valence-corrected chi connectivity index (χ0v) is 28.0. The normalized spacial score (nSPS) is 30.0. The number of amides is 1. The summed E-state index contributed by atoms with van der Waals surface area (Å²) in [5.74, 6) is 2.68. The third kappa shape index (κ3) is 6.77. The lowest BCUT2D eigenvalue weighted by atomic mass is 9.69. The van der Waals surface area contributed by atoms with Crippen molar-refractivity contribution in [3.8, 4) is 0 Å². The maximum atomic E-state index is 13.8. The molecule has 1 aromatic heterocycles. The second-order valence-corrected chi connectivity index (χ2v) is 15.8. The molecule has 3 aliphatic heterocycles. The van der Waals surface area contributed by atoms with Crippen LogP contribution in [0.25, 0.3) is 0 Å². The van der Waals surface area contributed by atoms with Crippen molar-refractivity contribution in [1.82, 2.24) is 15.0 Å². The monoisotopic (exact) mass is 639 g/mol. The van der Waals surface area contributed by atoms with E-state index in [1.165, 1.54) is 31.8 Å². The summed E-state index contributed by atoms with van der Waals surface area (Å²) in [6, 6.07) is 3.42. The van der Waals surface area contributed by atoms with Gasteiger partial charge in [0.1, 0.15) is 5.82 Å². The molecule has 0 aromatic carbocycles. The summed E-state index contributed by atoms with van der Waals surface area (Å²) in [6.07, 6.45) is 13.0. The van der Waals surface area contributed by atoms with Crippen LogP contribution in [0.2, 0.25) is 0 Å². The van der Waals surface area contributed by atoms with Crippen LogP contribution >= 0.6 is 0 Å². The third-order valence-electron chi connectivity index (χ3n) is 10.7. The summed E-state index contributed by atoms with van der Waals surface area (Å²) in [7, 11) is -4.22. The Morgan fingerprint density at radius 1 is 1.18 bits per heavy atom. The van der Waals surface area contributed by atoms with E-state index in [1.54, 1.807) is 18.2 Å². The van der Waals surface area contributed by atoms with Crippen LogP contribution in [0.15, 0.2) is 34.4 Å². The third-order valence-corrected chi connectivity index (χ3v) is 12.0. The van der Waals surface area contributed by atoms with Crippen molar-refractivity contribution in [2.45, 2.75) is 91.0 Å². The van der Waals surface area contributed by atoms with E-state index >= 15 is 0 Å². The first kappa shape index (κ1) is 32.0. The summed E-state index contributed by atoms with van der Waals surface area (Å²) >= 11 is 0. The van der Waals surface area contributed by atoms with E-state index in [0.717, 1.165) is 44.2 Å². The second-order valence-electron chi connectivity index (χ2n) is 14.2. The Balaban J connectivity index is 1.28. The number of nitrogens with one attached hydrogen (secondary N) is 2. The summed E-state index contributed by atoms with van der Waals surface area (Å²) in [5, 5.41) is 9.66. The number of hydrazone groups is 1. The van der Waals surface area contributed by atoms with E-state index in [1.807, 2.05) is 11.9 Å². The van der Waals surface area contributed by atoms with Crippen LogP contribution in [-0.4, -0.2) is 68.7 Å². The van der Waals surface area contributed by atoms with Gasteiger partial charge in [-0.2, -0.15) is 8.42 Å². The Hall–Kier alpha value is -2.99. The lowest BCUT2D eigenvalue weighted by Gasteiger charge is -2.37. The van der Waals surface area contributed by atoms with E-state index in [0.29, 0.717) is 54.9 Å². The van der Waals surface area contributed by atoms with Crippen LogP contribution in [0.3, 0.4) is 0 Å². The fourth-order valence-electron chi connectivity index (χ4n) is 7.52. The first-order chi connectivity index (χ1) is 21.5. The largest absolute Gasteiger partial charge is 0.480 e. The smallest absolute Gasteiger partial charge is 0.281 e. The fourth-order valence-corrected chi connectivity index (χ4v) is 8.49. The molecule has 45 heavy (non-hydrogen) atoms. The minimum Gasteiger partial charge on any atom is -0.480 e. The van der Waals surface area contributed by atoms with Crippen LogP contribution in [-0.2, 0) is 14.8 Å². The van der Waals surface area contributed by atoms with Crippen molar-refractivity contribution in [3.05, 3.63) is 29.8 Å². The molecular weight excluding hydrogens is 590 g/mol. The van der Waals surface area contributed by atoms with Gasteiger partial charge in [-0.1, -0.05) is 19.9 Å². The molecule has 12 heteroatoms. The number of anilines is 2. The summed E-state index contributed by atoms with van der Waals surface area (Å²) < 4.78 is 35.2. The SMILES string of the molecule is CC/C=C\C1=N/CNCC[C@H](C)[C@@H]2CN(c3nc(N4CCC(OCCC5CCC56CC6)=N4)ccc3C(=O)NS1(=O)=O)C(C)(C)C2. The van der Waals surface area contributed by atoms with Crippen LogP contribution < -0.4 is 19.9 Å². The topological polar surface area (TPSA) is 129 Å². The number of rotatable bonds is 6. The average molecular weight is 640 g/mol. The van der Waals surface area contributed by atoms with Gasteiger partial charge >= 0.3 is 0 Å². The molecule has 1 spiro atoms. The first-order valence-corrected chi connectivity index (χ1v) is 18.2. The number of allylic oxidation sites excluding steroid dienone is 1. The van der Waals surface area contributed by atoms with E-state index in [9.17, 15) is 13.2 Å². The molecule has 0 radical (unpaired) electrons. The molecular formula is C33H49N7O4S. The van der Waals surface area contributed by atoms with Gasteiger partial charge < -0.3 is 9.64 Å². The van der Waals surface area contributed by atoms with Crippen molar-refractivity contribution in [1.29, 1.82) is 0 Å². The standard InChI is InChI=1S/C33H49N7O4S/c1-5-6-7-29-35-22-34-17-11-23(2)24-20-32(3,4)39(21-24)30-26(31(41)38-45(29,42)43)8-9-27(36-30)40-18-12-28(37-40)44-19-13-25-10-14-33(25)15-16-33/h6-9,23-25,34H,5,10-22H2,1-4H3,(H,38,41)/b7-6-,35-29+/t23-,24-,25?/m0/s1. The highest BCUT2D eigenvalue weighted by Gasteiger charge is 2.54. The maximum absolute atomic E-state index is 13.8. The number of hydrogen-bond acceptors (Lipinski definition) is 10. The number of sulfonamides is 1. The van der Waals surface area contributed by atoms with Gasteiger partial charge in [0.05, 0.1) is 25.4 Å². The van der Waals surface area contributed by atoms with Gasteiger partial charge in [-0.3, -0.25) is 15.1 Å². The molecule has 3 fully saturated rings. The molecule has 1 saturated heterocycles. The number of ether oxygens (including phenoxy) is 1. The zero-order valence-electron chi connectivity index (χ0n) is 27.2. The van der Waals surface area contributed by atoms with Gasteiger partial charge in [-0.05, 0) is 113 Å². The molecule has 246 valence electrons. The van der Waals surface area contributed by atoms with Crippen LogP contribution in [0.4, 0.5) is 11.6 Å². The summed E-state index contributed by atoms with van der Waals surface area (Å²) in [4.78, 5) is 25.2. The predicted octanol–water partition coefficient (Wildman–Crippen LogP) is 4.82. The molecule has 2 saturated carbocycles. The van der Waals surface area contributed by atoms with Gasteiger partial charge in [0.2, 0.25) is 5.90 Å². The fraction of sp³-hybridized carbons (Fsp3) is 0.697. The van der Waals surface area contributed by atoms with E-state index in [4.69, 9.17) is 14.8 Å². The highest BCUT2D eigenvalue weighted by molar-refractivity contribution is 8.05. The lowest BCUT2D eigenvalue weighted by Crippen LogP contribution is -2.42. The molecule has 1 unspecified atom stereocenters. The molecule has 1 aromatic rings. The molecule has 2 N–H and O–H groups in total. The van der Waals surface area contributed by atoms with Crippen molar-refractivity contribution in [2.24, 2.45) is 33.3 Å². The number of fused-ring (bicyclic) bond motifs is 4. The Kier molecular flexibility index (Phi) is 8.99. The highest BCUT2D eigenvalue weighted by atomic mass is 32.2. The zero-order chi connectivity index (χ0) is 31.8. The van der Waals surface area contributed by atoms with Crippen LogP contribution in [0.1, 0.15) is 95.8 Å². The molecule has 11 nitrogen and oxygen atoms in total. The molecule has 4 heterocycles. The van der Waals surface area contributed by atoms with E-state index in [-0.39, 0.29) is 22.8 Å². The van der Waals surface area contributed by atoms with Gasteiger partial charge in [0, 0.05) is 18.5 Å². The quantitative estimate of drug-likeness (QED) is 0.454. The molecule has 3 atom stereocenters. The Morgan fingerprint density at radius 3 is 2.73 bits per heavy atom. The van der Waals surface area contributed by atoms with Crippen LogP contribution in [0, 0.1) is 23.2 Å². The van der Waals surface area contributed by atoms with Gasteiger partial charge in [0.15, 0.2) is 10.9 Å². The van der Waals surface area contributed by atoms with Gasteiger partial charge in [0.25, 0.3) is 15.9 Å². The van der Waals surface area contributed by atoms with Crippen molar-refractivity contribution in [2.75, 3.05) is 42.8 Å². The minimum absolute atomic E-state index is 0.151. The molecule has 1 amide bonds. The van der Waals surface area contributed by atoms with Crippen LogP contribution in [0.5, 0.6) is 0 Å². The Bertz CT molecular complexity index is 1480. The van der Waals surface area contributed by atoms with Crippen molar-refractivity contribution < 1.29 is 17.9 Å². The van der Waals surface area contributed by atoms with E-state index < -0.39 is 15.9 Å². The number of nitrogens with zero attached hydrogens (tertiary/aromatic N) is 5. The number of carbonyl (C=O) groups is 1. The summed E-state index contributed by atoms with van der Waals surface area (Å²) in [6.45, 7) is 11.4. The Labute approximate surface area is 268 Å². The van der Waals surface area contributed by atoms with E-state index in [2.05, 4.69) is 40.7 Å². The average Bonchev–Trinajstić information content (AvgIpc) is 3.60. The highest BCUT2D eigenvalue weighted by Crippen LogP contribution is 2.65. The molecule has 6 rings (SSSR count). The molecule has 2 bridgehead atoms. The number of hydrogen-bond donors (Lipinski definition) is 2. The number of aliphatic imine (C=N–C) groups is 1. The van der Waals surface area contributed by atoms with Gasteiger partial charge in [-0.25, -0.2) is 14.7 Å². The van der Waals surface area contributed by atoms with Gasteiger partial charge in [-0.15, -0.1) is 5.10 Å². The van der Waals surface area contributed by atoms with Crippen molar-refractivity contribution in [3.63, 3.8) is 0 Å². The Morgan fingerprint density at radius 2 is 2.00 bits per heavy atom. The molecule has 5 aliphatic rings. The number of carbonyl (C=O) groups excluding carboxylic acids is 1. The molecule has 2 aliphatic carbocycles. The first-order valence-electron chi connectivity index (χ1n) is 16.8. The second kappa shape index (κ2) is 12.7. The predicted molar refractivity (Wildman–Crippen MR) is 178 cm³/mol. The number of pyridine rings is 1. The minimum atomic E-state index is -4.22. The van der Waals surface area contributed by atoms with Crippen molar-refractivity contribution >= 4 is 38.5 Å². The summed E-state index contributed by atoms with van der Waals surface area (Å²) in [5.41, 5.74) is 0.571. The maximum Gasteiger partial charge on any atom is 0.281 e. The lowest BCUT2D eigenvalue weighted by molar-refractivity contribution is 0.0982.